The van der Waals surface area contributed by atoms with Crippen molar-refractivity contribution in [2.45, 2.75) is 58.8 Å². The fourth-order valence-corrected chi connectivity index (χ4v) is 3.28. The summed E-state index contributed by atoms with van der Waals surface area (Å²) in [6.07, 6.45) is 3.78. The second-order valence-electron chi connectivity index (χ2n) is 5.83. The smallest absolute Gasteiger partial charge is 0.328 e. The molecule has 23 heavy (non-hydrogen) atoms. The summed E-state index contributed by atoms with van der Waals surface area (Å²) in [6.45, 7) is 3.54. The molecule has 0 radical (unpaired) electrons. The molecular formula is C17H24N2O4. The topological polar surface area (TPSA) is 100 Å². The molecule has 0 heterocycles. The molecule has 1 aliphatic rings. The number of carbonyl (C=O) groups is 2. The lowest BCUT2D eigenvalue weighted by molar-refractivity contribution is -0.165. The van der Waals surface area contributed by atoms with Gasteiger partial charge in [-0.3, -0.25) is 9.59 Å². The lowest BCUT2D eigenvalue weighted by Crippen LogP contribution is -2.48. The van der Waals surface area contributed by atoms with Crippen molar-refractivity contribution in [3.8, 4) is 12.1 Å². The highest BCUT2D eigenvalue weighted by Gasteiger charge is 2.60. The number of nitrogens with zero attached hydrogens (tertiary/aromatic N) is 2. The summed E-state index contributed by atoms with van der Waals surface area (Å²) in [6, 6.07) is 4.19. The molecule has 0 saturated heterocycles. The molecule has 1 atom stereocenters. The quantitative estimate of drug-likeness (QED) is 0.551. The van der Waals surface area contributed by atoms with E-state index < -0.39 is 29.2 Å². The molecule has 1 unspecified atom stereocenters. The SMILES string of the molecule is CCOC(=O)CC(C#N)(C(=O)OCC)C1(C#N)CCCCCC1. The minimum atomic E-state index is -1.81. The molecular weight excluding hydrogens is 296 g/mol. The minimum Gasteiger partial charge on any atom is -0.466 e. The van der Waals surface area contributed by atoms with E-state index in [2.05, 4.69) is 6.07 Å². The average molecular weight is 320 g/mol. The van der Waals surface area contributed by atoms with Gasteiger partial charge in [0.15, 0.2) is 5.41 Å². The molecule has 0 amide bonds. The maximum atomic E-state index is 12.6. The standard InChI is InChI=1S/C17H24N2O4/c1-3-22-14(20)11-17(13-19,15(21)23-4-2)16(12-18)9-7-5-6-8-10-16/h3-11H2,1-2H3. The number of carbonyl (C=O) groups excluding carboxylic acids is 2. The molecule has 0 spiro atoms. The Kier molecular flexibility index (Phi) is 7.03. The Bertz CT molecular complexity index is 510. The van der Waals surface area contributed by atoms with Crippen LogP contribution >= 0.6 is 0 Å². The largest absolute Gasteiger partial charge is 0.466 e. The Morgan fingerprint density at radius 2 is 1.61 bits per heavy atom. The van der Waals surface area contributed by atoms with Crippen molar-refractivity contribution < 1.29 is 19.1 Å². The van der Waals surface area contributed by atoms with E-state index in [1.54, 1.807) is 13.8 Å². The van der Waals surface area contributed by atoms with Gasteiger partial charge in [-0.05, 0) is 26.7 Å². The van der Waals surface area contributed by atoms with Crippen LogP contribution in [0.1, 0.15) is 58.8 Å². The van der Waals surface area contributed by atoms with E-state index in [0.29, 0.717) is 12.8 Å². The van der Waals surface area contributed by atoms with Crippen LogP contribution in [0.25, 0.3) is 0 Å². The van der Waals surface area contributed by atoms with Crippen LogP contribution in [0.3, 0.4) is 0 Å². The zero-order valence-corrected chi connectivity index (χ0v) is 13.9. The minimum absolute atomic E-state index is 0.0899. The maximum absolute atomic E-state index is 12.6. The molecule has 0 aromatic rings. The molecule has 1 rings (SSSR count). The molecule has 1 saturated carbocycles. The summed E-state index contributed by atoms with van der Waals surface area (Å²) in [7, 11) is 0. The van der Waals surface area contributed by atoms with Crippen LogP contribution in [0.2, 0.25) is 0 Å². The average Bonchev–Trinajstić information content (AvgIpc) is 2.79. The van der Waals surface area contributed by atoms with Crippen molar-refractivity contribution in [2.24, 2.45) is 10.8 Å². The summed E-state index contributed by atoms with van der Waals surface area (Å²) in [5, 5.41) is 19.7. The molecule has 0 aromatic heterocycles. The zero-order chi connectivity index (χ0) is 17.3. The van der Waals surface area contributed by atoms with Crippen molar-refractivity contribution in [2.75, 3.05) is 13.2 Å². The number of rotatable bonds is 6. The Hall–Kier alpha value is -2.08. The van der Waals surface area contributed by atoms with Gasteiger partial charge < -0.3 is 9.47 Å². The van der Waals surface area contributed by atoms with Crippen LogP contribution in [0.5, 0.6) is 0 Å². The number of hydrogen-bond acceptors (Lipinski definition) is 6. The normalized spacial score (nSPS) is 19.3. The first-order valence-electron chi connectivity index (χ1n) is 8.17. The summed E-state index contributed by atoms with van der Waals surface area (Å²) >= 11 is 0. The van der Waals surface area contributed by atoms with Gasteiger partial charge in [0, 0.05) is 0 Å². The Balaban J connectivity index is 3.34. The Morgan fingerprint density at radius 1 is 1.04 bits per heavy atom. The van der Waals surface area contributed by atoms with Gasteiger partial charge in [-0.1, -0.05) is 25.7 Å². The van der Waals surface area contributed by atoms with Gasteiger partial charge in [0.25, 0.3) is 0 Å². The molecule has 0 bridgehead atoms. The highest BCUT2D eigenvalue weighted by atomic mass is 16.5. The Morgan fingerprint density at radius 3 is 2.04 bits per heavy atom. The van der Waals surface area contributed by atoms with E-state index in [-0.39, 0.29) is 13.2 Å². The molecule has 126 valence electrons. The first-order valence-corrected chi connectivity index (χ1v) is 8.17. The monoisotopic (exact) mass is 320 g/mol. The number of ether oxygens (including phenoxy) is 2. The van der Waals surface area contributed by atoms with Gasteiger partial charge in [-0.15, -0.1) is 0 Å². The fraction of sp³-hybridized carbons (Fsp3) is 0.765. The van der Waals surface area contributed by atoms with E-state index in [4.69, 9.17) is 9.47 Å². The van der Waals surface area contributed by atoms with Crippen LogP contribution in [0, 0.1) is 33.5 Å². The third-order valence-electron chi connectivity index (χ3n) is 4.52. The number of esters is 2. The second kappa shape index (κ2) is 8.53. The van der Waals surface area contributed by atoms with Crippen LogP contribution in [0.15, 0.2) is 0 Å². The van der Waals surface area contributed by atoms with Crippen molar-refractivity contribution in [1.82, 2.24) is 0 Å². The zero-order valence-electron chi connectivity index (χ0n) is 13.9. The second-order valence-corrected chi connectivity index (χ2v) is 5.83. The third kappa shape index (κ3) is 3.82. The number of nitriles is 2. The van der Waals surface area contributed by atoms with Gasteiger partial charge in [-0.2, -0.15) is 10.5 Å². The summed E-state index contributed by atoms with van der Waals surface area (Å²) < 4.78 is 10.0. The van der Waals surface area contributed by atoms with Gasteiger partial charge in [0.1, 0.15) is 0 Å². The van der Waals surface area contributed by atoms with Crippen LogP contribution in [-0.4, -0.2) is 25.2 Å². The molecule has 6 nitrogen and oxygen atoms in total. The van der Waals surface area contributed by atoms with E-state index in [1.165, 1.54) is 0 Å². The summed E-state index contributed by atoms with van der Waals surface area (Å²) in [5.41, 5.74) is -3.02. The van der Waals surface area contributed by atoms with Gasteiger partial charge in [0.2, 0.25) is 0 Å². The van der Waals surface area contributed by atoms with Crippen molar-refractivity contribution >= 4 is 11.9 Å². The van der Waals surface area contributed by atoms with E-state index in [1.807, 2.05) is 6.07 Å². The predicted molar refractivity (Wildman–Crippen MR) is 81.7 cm³/mol. The van der Waals surface area contributed by atoms with E-state index >= 15 is 0 Å². The number of hydrogen-bond donors (Lipinski definition) is 0. The van der Waals surface area contributed by atoms with Gasteiger partial charge >= 0.3 is 11.9 Å². The van der Waals surface area contributed by atoms with Crippen molar-refractivity contribution in [3.63, 3.8) is 0 Å². The van der Waals surface area contributed by atoms with E-state index in [0.717, 1.165) is 25.7 Å². The summed E-state index contributed by atoms with van der Waals surface area (Å²) in [5.74, 6) is -1.44. The maximum Gasteiger partial charge on any atom is 0.328 e. The molecule has 0 aromatic carbocycles. The molecule has 6 heteroatoms. The van der Waals surface area contributed by atoms with Gasteiger partial charge in [-0.25, -0.2) is 0 Å². The Labute approximate surface area is 137 Å². The van der Waals surface area contributed by atoms with Crippen molar-refractivity contribution in [3.05, 3.63) is 0 Å². The predicted octanol–water partition coefficient (Wildman–Crippen LogP) is 2.88. The third-order valence-corrected chi connectivity index (χ3v) is 4.52. The van der Waals surface area contributed by atoms with Gasteiger partial charge in [0.05, 0.1) is 37.2 Å². The van der Waals surface area contributed by atoms with Crippen molar-refractivity contribution in [1.29, 1.82) is 10.5 Å². The molecule has 1 aliphatic carbocycles. The molecule has 0 aliphatic heterocycles. The van der Waals surface area contributed by atoms with Crippen LogP contribution < -0.4 is 0 Å². The molecule has 0 N–H and O–H groups in total. The highest BCUT2D eigenvalue weighted by molar-refractivity contribution is 5.87. The van der Waals surface area contributed by atoms with Crippen LogP contribution in [0.4, 0.5) is 0 Å². The lowest BCUT2D eigenvalue weighted by Gasteiger charge is -2.38. The first-order chi connectivity index (χ1) is 11.0. The highest BCUT2D eigenvalue weighted by Crippen LogP contribution is 2.51. The van der Waals surface area contributed by atoms with Crippen LogP contribution in [-0.2, 0) is 19.1 Å². The first kappa shape index (κ1) is 19.0. The lowest BCUT2D eigenvalue weighted by atomic mass is 9.59. The summed E-state index contributed by atoms with van der Waals surface area (Å²) in [4.78, 5) is 24.6. The fourth-order valence-electron chi connectivity index (χ4n) is 3.28. The molecule has 1 fully saturated rings. The van der Waals surface area contributed by atoms with E-state index in [9.17, 15) is 20.1 Å².